The largest absolute Gasteiger partial charge is 1.00 e. The van der Waals surface area contributed by atoms with Gasteiger partial charge in [-0.15, -0.1) is 0 Å². The summed E-state index contributed by atoms with van der Waals surface area (Å²) in [6, 6.07) is 13.2. The van der Waals surface area contributed by atoms with E-state index in [1.54, 1.807) is 9.45 Å². The van der Waals surface area contributed by atoms with Crippen LogP contribution in [0.2, 0.25) is 0 Å². The maximum atomic E-state index is 2.46. The van der Waals surface area contributed by atoms with Crippen molar-refractivity contribution in [2.24, 2.45) is 5.41 Å². The van der Waals surface area contributed by atoms with Crippen LogP contribution < -0.4 is 24.8 Å². The molecule has 0 saturated heterocycles. The van der Waals surface area contributed by atoms with E-state index in [4.69, 9.17) is 0 Å². The Morgan fingerprint density at radius 3 is 2.07 bits per heavy atom. The second-order valence-electron chi connectivity index (χ2n) is 7.78. The van der Waals surface area contributed by atoms with Gasteiger partial charge in [0.15, 0.2) is 0 Å². The number of hydrogen-bond acceptors (Lipinski definition) is 0. The number of fused-ring (bicyclic) bond motifs is 1. The van der Waals surface area contributed by atoms with Gasteiger partial charge < -0.3 is 24.8 Å². The van der Waals surface area contributed by atoms with Crippen molar-refractivity contribution in [3.63, 3.8) is 0 Å². The summed E-state index contributed by atoms with van der Waals surface area (Å²) in [7, 11) is 0. The van der Waals surface area contributed by atoms with E-state index >= 15 is 0 Å². The van der Waals surface area contributed by atoms with E-state index in [1.807, 2.05) is 0 Å². The molecule has 1 heterocycles. The Morgan fingerprint density at radius 2 is 1.48 bits per heavy atom. The molecule has 1 aromatic carbocycles. The Hall–Kier alpha value is -0.986. The molecule has 2 aromatic rings. The Balaban J connectivity index is 0.00000131. The zero-order valence-corrected chi connectivity index (χ0v) is 19.6. The molecular weight excluding hydrogens is 409 g/mol. The number of rotatable bonds is 3. The third-order valence-electron chi connectivity index (χ3n) is 6.27. The molecule has 0 saturated carbocycles. The van der Waals surface area contributed by atoms with Crippen LogP contribution in [-0.2, 0) is 23.0 Å². The third kappa shape index (κ3) is 3.23. The van der Waals surface area contributed by atoms with Crippen LogP contribution in [0, 0.1) is 5.41 Å². The second-order valence-corrected chi connectivity index (χ2v) is 10.1. The normalized spacial score (nSPS) is 22.3. The monoisotopic (exact) mass is 433 g/mol. The molecule has 0 radical (unpaired) electrons. The number of halogens is 2. The molecule has 0 spiro atoms. The van der Waals surface area contributed by atoms with E-state index in [0.29, 0.717) is 0 Å². The summed E-state index contributed by atoms with van der Waals surface area (Å²) in [5.41, 5.74) is 7.59. The van der Waals surface area contributed by atoms with Crippen LogP contribution >= 0.6 is 0 Å². The standard InChI is InChI=1S/C13H10N.C10H15.2ClH.Ti/c1-2-6-12-11(5-1)7-8-13(12)14-9-3-4-10-14;1-7-6-10(4,5)9(3)8(7)2;;;/h1-10H;1-5H3;2*1H;/q;;;;+2/p-2. The van der Waals surface area contributed by atoms with Crippen molar-refractivity contribution in [3.05, 3.63) is 86.6 Å². The number of benzene rings is 1. The van der Waals surface area contributed by atoms with Gasteiger partial charge in [0.2, 0.25) is 0 Å². The summed E-state index contributed by atoms with van der Waals surface area (Å²) >= 11 is -0.458. The maximum absolute atomic E-state index is 2.46. The molecule has 140 valence electrons. The minimum absolute atomic E-state index is 0. The first kappa shape index (κ1) is 22.3. The minimum Gasteiger partial charge on any atom is -1.00 e. The van der Waals surface area contributed by atoms with Gasteiger partial charge in [-0.2, -0.15) is 0 Å². The SMILES string of the molecule is CC1=C(C)C(C)(C)[C]([Ti+2][C]2(n3cccc3)C=Cc3ccccc32)=C1C.[Cl-].[Cl-]. The molecule has 0 fully saturated rings. The number of hydrogen-bond donors (Lipinski definition) is 0. The molecular formula is C23H25Cl2NTi. The molecule has 1 aromatic heterocycles. The van der Waals surface area contributed by atoms with Crippen LogP contribution in [0.4, 0.5) is 0 Å². The van der Waals surface area contributed by atoms with Gasteiger partial charge in [0.05, 0.1) is 0 Å². The molecule has 0 N–H and O–H groups in total. The van der Waals surface area contributed by atoms with Gasteiger partial charge in [-0.1, -0.05) is 0 Å². The molecule has 2 aliphatic carbocycles. The van der Waals surface area contributed by atoms with E-state index in [2.05, 4.69) is 100 Å². The molecule has 4 heteroatoms. The van der Waals surface area contributed by atoms with Gasteiger partial charge in [0, 0.05) is 0 Å². The predicted molar refractivity (Wildman–Crippen MR) is 102 cm³/mol. The molecule has 2 aliphatic rings. The van der Waals surface area contributed by atoms with E-state index in [9.17, 15) is 0 Å². The first-order valence-electron chi connectivity index (χ1n) is 8.98. The van der Waals surface area contributed by atoms with Crippen molar-refractivity contribution in [3.8, 4) is 0 Å². The summed E-state index contributed by atoms with van der Waals surface area (Å²) in [5.74, 6) is 0. The van der Waals surface area contributed by atoms with E-state index in [1.165, 1.54) is 22.3 Å². The third-order valence-corrected chi connectivity index (χ3v) is 9.90. The van der Waals surface area contributed by atoms with E-state index in [-0.39, 0.29) is 34.1 Å². The van der Waals surface area contributed by atoms with Crippen molar-refractivity contribution in [2.45, 2.75) is 38.5 Å². The summed E-state index contributed by atoms with van der Waals surface area (Å²) in [6.07, 6.45) is 9.25. The van der Waals surface area contributed by atoms with Crippen molar-refractivity contribution < 1.29 is 44.0 Å². The summed E-state index contributed by atoms with van der Waals surface area (Å²) < 4.78 is 4.13. The molecule has 4 rings (SSSR count). The summed E-state index contributed by atoms with van der Waals surface area (Å²) in [6.45, 7) is 11.8. The van der Waals surface area contributed by atoms with Crippen molar-refractivity contribution in [2.75, 3.05) is 0 Å². The summed E-state index contributed by atoms with van der Waals surface area (Å²) in [4.78, 5) is 0. The average molecular weight is 434 g/mol. The molecule has 27 heavy (non-hydrogen) atoms. The maximum Gasteiger partial charge on any atom is -1.00 e. The Bertz CT molecular complexity index is 935. The fraction of sp³-hybridized carbons (Fsp3) is 0.304. The Morgan fingerprint density at radius 1 is 0.852 bits per heavy atom. The predicted octanol–water partition coefficient (Wildman–Crippen LogP) is -0.0433. The average Bonchev–Trinajstić information content (AvgIpc) is 3.29. The van der Waals surface area contributed by atoms with Gasteiger partial charge in [-0.05, 0) is 0 Å². The van der Waals surface area contributed by atoms with Crippen LogP contribution in [0.5, 0.6) is 0 Å². The van der Waals surface area contributed by atoms with E-state index < -0.39 is 19.2 Å². The van der Waals surface area contributed by atoms with Crippen LogP contribution in [0.25, 0.3) is 6.08 Å². The first-order chi connectivity index (χ1) is 11.9. The van der Waals surface area contributed by atoms with Crippen molar-refractivity contribution in [1.29, 1.82) is 0 Å². The minimum atomic E-state index is -0.458. The quantitative estimate of drug-likeness (QED) is 0.598. The first-order valence-corrected chi connectivity index (χ1v) is 10.5. The van der Waals surface area contributed by atoms with Crippen molar-refractivity contribution >= 4 is 6.08 Å². The van der Waals surface area contributed by atoms with Gasteiger partial charge in [0.25, 0.3) is 0 Å². The molecule has 1 unspecified atom stereocenters. The molecule has 1 nitrogen and oxygen atoms in total. The molecule has 0 bridgehead atoms. The molecule has 0 aliphatic heterocycles. The topological polar surface area (TPSA) is 4.93 Å². The smallest absolute Gasteiger partial charge is 1.00 e. The summed E-state index contributed by atoms with van der Waals surface area (Å²) in [5, 5.41) is 0. The fourth-order valence-electron chi connectivity index (χ4n) is 4.29. The number of aromatic nitrogens is 1. The zero-order valence-electron chi connectivity index (χ0n) is 16.5. The van der Waals surface area contributed by atoms with Gasteiger partial charge in [-0.3, -0.25) is 0 Å². The number of allylic oxidation sites excluding steroid dienone is 5. The Kier molecular flexibility index (Phi) is 6.44. The zero-order chi connectivity index (χ0) is 17.8. The molecule has 0 amide bonds. The number of nitrogens with zero attached hydrogens (tertiary/aromatic N) is 1. The van der Waals surface area contributed by atoms with Crippen LogP contribution in [-0.4, -0.2) is 4.57 Å². The van der Waals surface area contributed by atoms with Crippen LogP contribution in [0.15, 0.2) is 75.5 Å². The van der Waals surface area contributed by atoms with Gasteiger partial charge in [0.1, 0.15) is 0 Å². The fourth-order valence-corrected chi connectivity index (χ4v) is 7.51. The second kappa shape index (κ2) is 7.80. The van der Waals surface area contributed by atoms with Gasteiger partial charge >= 0.3 is 160 Å². The van der Waals surface area contributed by atoms with Crippen LogP contribution in [0.3, 0.4) is 0 Å². The van der Waals surface area contributed by atoms with Crippen LogP contribution in [0.1, 0.15) is 45.7 Å². The van der Waals surface area contributed by atoms with Gasteiger partial charge in [-0.25, -0.2) is 0 Å². The van der Waals surface area contributed by atoms with E-state index in [0.717, 1.165) is 0 Å². The Labute approximate surface area is 184 Å². The molecule has 1 atom stereocenters. The van der Waals surface area contributed by atoms with Crippen molar-refractivity contribution in [1.82, 2.24) is 4.57 Å².